The lowest BCUT2D eigenvalue weighted by Crippen LogP contribution is -2.38. The first-order valence-corrected chi connectivity index (χ1v) is 10.7. The average molecular weight is 440 g/mol. The van der Waals surface area contributed by atoms with Gasteiger partial charge in [-0.1, -0.05) is 12.1 Å². The summed E-state index contributed by atoms with van der Waals surface area (Å²) in [6.07, 6.45) is 2.74. The van der Waals surface area contributed by atoms with Crippen molar-refractivity contribution < 1.29 is 13.9 Å². The Morgan fingerprint density at radius 1 is 1.06 bits per heavy atom. The Bertz CT molecular complexity index is 971. The maximum atomic E-state index is 13.1. The molecule has 0 atom stereocenters. The Morgan fingerprint density at radius 2 is 1.84 bits per heavy atom. The summed E-state index contributed by atoms with van der Waals surface area (Å²) in [5, 5.41) is 11.2. The van der Waals surface area contributed by atoms with Crippen LogP contribution in [0, 0.1) is 5.82 Å². The molecule has 1 heterocycles. The Kier molecular flexibility index (Phi) is 9.06. The zero-order valence-corrected chi connectivity index (χ0v) is 18.6. The van der Waals surface area contributed by atoms with Gasteiger partial charge in [-0.2, -0.15) is 5.10 Å². The van der Waals surface area contributed by atoms with E-state index in [0.29, 0.717) is 32.3 Å². The predicted molar refractivity (Wildman–Crippen MR) is 124 cm³/mol. The lowest BCUT2D eigenvalue weighted by atomic mass is 10.2. The molecule has 7 nitrogen and oxygen atoms in total. The first-order valence-electron chi connectivity index (χ1n) is 10.7. The van der Waals surface area contributed by atoms with Gasteiger partial charge in [0.15, 0.2) is 5.96 Å². The first-order chi connectivity index (χ1) is 15.7. The van der Waals surface area contributed by atoms with E-state index in [1.165, 1.54) is 12.1 Å². The number of benzene rings is 2. The summed E-state index contributed by atoms with van der Waals surface area (Å²) in [5.74, 6) is 1.26. The van der Waals surface area contributed by atoms with Crippen LogP contribution < -0.4 is 15.4 Å². The highest BCUT2D eigenvalue weighted by molar-refractivity contribution is 5.79. The van der Waals surface area contributed by atoms with Crippen LogP contribution in [0.15, 0.2) is 65.8 Å². The summed E-state index contributed by atoms with van der Waals surface area (Å²) in [6.45, 7) is 5.20. The van der Waals surface area contributed by atoms with Crippen molar-refractivity contribution in [2.24, 2.45) is 4.99 Å². The lowest BCUT2D eigenvalue weighted by molar-refractivity contribution is 0.145. The van der Waals surface area contributed by atoms with Gasteiger partial charge >= 0.3 is 0 Å². The van der Waals surface area contributed by atoms with Gasteiger partial charge in [-0.25, -0.2) is 14.1 Å². The molecule has 3 aromatic rings. The fourth-order valence-electron chi connectivity index (χ4n) is 2.97. The zero-order chi connectivity index (χ0) is 22.6. The minimum atomic E-state index is -0.268. The minimum absolute atomic E-state index is 0.268. The van der Waals surface area contributed by atoms with Gasteiger partial charge in [0.25, 0.3) is 0 Å². The first kappa shape index (κ1) is 23.3. The summed E-state index contributed by atoms with van der Waals surface area (Å²) in [4.78, 5) is 4.69. The van der Waals surface area contributed by atoms with E-state index in [-0.39, 0.29) is 5.82 Å². The van der Waals surface area contributed by atoms with E-state index in [0.717, 1.165) is 35.7 Å². The molecule has 3 rings (SSSR count). The quantitative estimate of drug-likeness (QED) is 0.271. The number of hydrogen-bond acceptors (Lipinski definition) is 4. The van der Waals surface area contributed by atoms with Crippen molar-refractivity contribution in [2.75, 3.05) is 26.9 Å². The molecule has 0 saturated heterocycles. The van der Waals surface area contributed by atoms with Crippen molar-refractivity contribution in [3.63, 3.8) is 0 Å². The van der Waals surface area contributed by atoms with Gasteiger partial charge in [0.1, 0.15) is 11.6 Å². The molecular weight excluding hydrogens is 409 g/mol. The van der Waals surface area contributed by atoms with Crippen LogP contribution in [0.1, 0.15) is 24.6 Å². The monoisotopic (exact) mass is 439 g/mol. The number of nitrogens with one attached hydrogen (secondary N) is 2. The molecule has 170 valence electrons. The standard InChI is InChI=1S/C24H30FN5O2/c1-3-32-16-4-14-26-24(27-17-19-5-11-23(31-2)12-6-19)28-18-21-13-15-30(29-21)22-9-7-20(25)8-10-22/h5-13,15H,3-4,14,16-18H2,1-2H3,(H2,26,27,28). The van der Waals surface area contributed by atoms with Gasteiger partial charge < -0.3 is 20.1 Å². The summed E-state index contributed by atoms with van der Waals surface area (Å²) >= 11 is 0. The fourth-order valence-corrected chi connectivity index (χ4v) is 2.97. The van der Waals surface area contributed by atoms with Crippen LogP contribution >= 0.6 is 0 Å². The van der Waals surface area contributed by atoms with Crippen molar-refractivity contribution in [3.8, 4) is 11.4 Å². The van der Waals surface area contributed by atoms with Gasteiger partial charge in [-0.05, 0) is 61.4 Å². The third-order valence-corrected chi connectivity index (χ3v) is 4.71. The minimum Gasteiger partial charge on any atom is -0.497 e. The van der Waals surface area contributed by atoms with Crippen molar-refractivity contribution in [1.82, 2.24) is 20.4 Å². The Hall–Kier alpha value is -3.39. The number of hydrogen-bond donors (Lipinski definition) is 2. The molecule has 0 unspecified atom stereocenters. The van der Waals surface area contributed by atoms with Crippen molar-refractivity contribution in [2.45, 2.75) is 26.4 Å². The highest BCUT2D eigenvalue weighted by atomic mass is 19.1. The summed E-state index contributed by atoms with van der Waals surface area (Å²) in [6, 6.07) is 16.0. The van der Waals surface area contributed by atoms with E-state index in [1.54, 1.807) is 23.9 Å². The van der Waals surface area contributed by atoms with E-state index in [9.17, 15) is 4.39 Å². The van der Waals surface area contributed by atoms with Crippen LogP contribution in [0.2, 0.25) is 0 Å². The average Bonchev–Trinajstić information content (AvgIpc) is 3.30. The molecule has 0 saturated carbocycles. The molecule has 0 aliphatic rings. The predicted octanol–water partition coefficient (Wildman–Crippen LogP) is 3.68. The van der Waals surface area contributed by atoms with Crippen LogP contribution in [0.4, 0.5) is 4.39 Å². The van der Waals surface area contributed by atoms with E-state index in [1.807, 2.05) is 43.5 Å². The highest BCUT2D eigenvalue weighted by Crippen LogP contribution is 2.12. The molecule has 8 heteroatoms. The normalized spacial score (nSPS) is 11.4. The molecule has 0 fully saturated rings. The van der Waals surface area contributed by atoms with E-state index < -0.39 is 0 Å². The molecule has 1 aromatic heterocycles. The number of ether oxygens (including phenoxy) is 2. The number of nitrogens with zero attached hydrogens (tertiary/aromatic N) is 3. The Labute approximate surface area is 188 Å². The van der Waals surface area contributed by atoms with Gasteiger partial charge in [-0.3, -0.25) is 0 Å². The molecule has 2 aromatic carbocycles. The highest BCUT2D eigenvalue weighted by Gasteiger charge is 2.05. The summed E-state index contributed by atoms with van der Waals surface area (Å²) in [7, 11) is 1.65. The van der Waals surface area contributed by atoms with Gasteiger partial charge in [0.05, 0.1) is 31.6 Å². The zero-order valence-electron chi connectivity index (χ0n) is 18.6. The Balaban J connectivity index is 1.60. The van der Waals surface area contributed by atoms with Crippen LogP contribution in [0.3, 0.4) is 0 Å². The number of aromatic nitrogens is 2. The molecule has 0 radical (unpaired) electrons. The van der Waals surface area contributed by atoms with Gasteiger partial charge in [0.2, 0.25) is 0 Å². The number of aliphatic imine (C=N–C) groups is 1. The SMILES string of the molecule is CCOCCCNC(=NCc1ccc(OC)cc1)NCc1ccn(-c2ccc(F)cc2)n1. The second kappa shape index (κ2) is 12.5. The number of rotatable bonds is 11. The molecule has 2 N–H and O–H groups in total. The van der Waals surface area contributed by atoms with Crippen LogP contribution in [-0.4, -0.2) is 42.6 Å². The fraction of sp³-hybridized carbons (Fsp3) is 0.333. The topological polar surface area (TPSA) is 72.7 Å². The second-order valence-electron chi connectivity index (χ2n) is 7.07. The number of guanidine groups is 1. The molecule has 32 heavy (non-hydrogen) atoms. The van der Waals surface area contributed by atoms with Crippen LogP contribution in [0.5, 0.6) is 5.75 Å². The maximum absolute atomic E-state index is 13.1. The molecule has 0 aliphatic heterocycles. The maximum Gasteiger partial charge on any atom is 0.191 e. The van der Waals surface area contributed by atoms with Crippen molar-refractivity contribution in [1.29, 1.82) is 0 Å². The van der Waals surface area contributed by atoms with Crippen molar-refractivity contribution >= 4 is 5.96 Å². The van der Waals surface area contributed by atoms with E-state index >= 15 is 0 Å². The third-order valence-electron chi connectivity index (χ3n) is 4.71. The molecule has 0 bridgehead atoms. The Morgan fingerprint density at radius 3 is 2.56 bits per heavy atom. The molecule has 0 amide bonds. The summed E-state index contributed by atoms with van der Waals surface area (Å²) in [5.41, 5.74) is 2.74. The van der Waals surface area contributed by atoms with Crippen LogP contribution in [0.25, 0.3) is 5.69 Å². The molecular formula is C24H30FN5O2. The van der Waals surface area contributed by atoms with Gasteiger partial charge in [-0.15, -0.1) is 0 Å². The lowest BCUT2D eigenvalue weighted by Gasteiger charge is -2.12. The third kappa shape index (κ3) is 7.39. The smallest absolute Gasteiger partial charge is 0.191 e. The second-order valence-corrected chi connectivity index (χ2v) is 7.07. The van der Waals surface area contributed by atoms with Crippen LogP contribution in [-0.2, 0) is 17.8 Å². The van der Waals surface area contributed by atoms with Gasteiger partial charge in [0, 0.05) is 26.0 Å². The van der Waals surface area contributed by atoms with E-state index in [4.69, 9.17) is 14.5 Å². The molecule has 0 aliphatic carbocycles. The number of halogens is 1. The summed E-state index contributed by atoms with van der Waals surface area (Å²) < 4.78 is 25.5. The van der Waals surface area contributed by atoms with E-state index in [2.05, 4.69) is 15.7 Å². The van der Waals surface area contributed by atoms with Crippen molar-refractivity contribution in [3.05, 3.63) is 77.9 Å². The number of methoxy groups -OCH3 is 1. The largest absolute Gasteiger partial charge is 0.497 e. The molecule has 0 spiro atoms.